The van der Waals surface area contributed by atoms with Gasteiger partial charge in [0.15, 0.2) is 11.3 Å². The Balaban J connectivity index is 1.65. The first kappa shape index (κ1) is 16.5. The molecule has 2 saturated carbocycles. The number of anilines is 1. The van der Waals surface area contributed by atoms with Gasteiger partial charge in [-0.05, 0) is 31.6 Å². The molecule has 2 aliphatic rings. The smallest absolute Gasteiger partial charge is 0.231 e. The van der Waals surface area contributed by atoms with Gasteiger partial charge in [-0.1, -0.05) is 42.2 Å². The molecule has 0 bridgehead atoms. The number of amides is 1. The molecule has 0 spiro atoms. The minimum absolute atomic E-state index is 0.0216. The lowest BCUT2D eigenvalue weighted by atomic mass is 9.79. The Bertz CT molecular complexity index is 614. The largest absolute Gasteiger partial charge is 0.321 e. The van der Waals surface area contributed by atoms with E-state index in [1.54, 1.807) is 23.3 Å². The lowest BCUT2D eigenvalue weighted by Crippen LogP contribution is -2.46. The van der Waals surface area contributed by atoms with E-state index in [-0.39, 0.29) is 17.9 Å². The summed E-state index contributed by atoms with van der Waals surface area (Å²) in [7, 11) is 1.77. The van der Waals surface area contributed by atoms with Crippen molar-refractivity contribution >= 4 is 34.0 Å². The molecule has 1 aromatic heterocycles. The fourth-order valence-electron chi connectivity index (χ4n) is 3.46. The van der Waals surface area contributed by atoms with Crippen molar-refractivity contribution in [1.29, 1.82) is 5.26 Å². The van der Waals surface area contributed by atoms with Crippen LogP contribution in [0, 0.1) is 17.4 Å². The van der Waals surface area contributed by atoms with Crippen LogP contribution in [0.3, 0.4) is 0 Å². The van der Waals surface area contributed by atoms with Crippen molar-refractivity contribution in [3.05, 3.63) is 10.0 Å². The molecule has 3 rings (SSSR count). The molecule has 1 heterocycles. The first-order chi connectivity index (χ1) is 11.1. The van der Waals surface area contributed by atoms with Gasteiger partial charge in [-0.3, -0.25) is 9.69 Å². The Hall–Kier alpha value is -1.32. The second-order valence-corrected chi connectivity index (χ2v) is 7.87. The molecule has 124 valence electrons. The molecule has 2 aliphatic carbocycles. The molecule has 0 aromatic carbocycles. The van der Waals surface area contributed by atoms with E-state index >= 15 is 0 Å². The molecule has 1 aromatic rings. The fraction of sp³-hybridized carbons (Fsp3) is 0.688. The van der Waals surface area contributed by atoms with Crippen molar-refractivity contribution in [2.45, 2.75) is 56.9 Å². The second kappa shape index (κ2) is 7.06. The molecule has 5 nitrogen and oxygen atoms in total. The van der Waals surface area contributed by atoms with Crippen LogP contribution in [0.5, 0.6) is 0 Å². The van der Waals surface area contributed by atoms with Gasteiger partial charge >= 0.3 is 0 Å². The van der Waals surface area contributed by atoms with E-state index in [1.807, 2.05) is 6.19 Å². The van der Waals surface area contributed by atoms with Crippen LogP contribution in [0.15, 0.2) is 0 Å². The first-order valence-corrected chi connectivity index (χ1v) is 9.38. The predicted molar refractivity (Wildman–Crippen MR) is 91.6 cm³/mol. The maximum Gasteiger partial charge on any atom is 0.231 e. The van der Waals surface area contributed by atoms with E-state index in [0.29, 0.717) is 29.0 Å². The number of hydrogen-bond donors (Lipinski definition) is 1. The molecule has 0 radical (unpaired) electrons. The summed E-state index contributed by atoms with van der Waals surface area (Å²) in [4.78, 5) is 19.7. The number of halogens is 1. The van der Waals surface area contributed by atoms with Gasteiger partial charge in [0, 0.05) is 23.9 Å². The van der Waals surface area contributed by atoms with E-state index in [0.717, 1.165) is 4.88 Å². The van der Waals surface area contributed by atoms with Crippen LogP contribution in [0.25, 0.3) is 0 Å². The molecule has 1 N–H and O–H groups in total. The summed E-state index contributed by atoms with van der Waals surface area (Å²) >= 11 is 7.89. The minimum Gasteiger partial charge on any atom is -0.321 e. The molecule has 1 amide bonds. The average molecular weight is 353 g/mol. The summed E-state index contributed by atoms with van der Waals surface area (Å²) in [6.45, 7) is 0. The van der Waals surface area contributed by atoms with Crippen molar-refractivity contribution in [1.82, 2.24) is 10.3 Å². The zero-order valence-electron chi connectivity index (χ0n) is 13.2. The quantitative estimate of drug-likeness (QED) is 0.663. The summed E-state index contributed by atoms with van der Waals surface area (Å²) in [5.41, 5.74) is 0. The molecule has 0 unspecified atom stereocenters. The normalized spacial score (nSPS) is 24.6. The third-order valence-corrected chi connectivity index (χ3v) is 6.64. The van der Waals surface area contributed by atoms with Gasteiger partial charge in [0.2, 0.25) is 5.91 Å². The van der Waals surface area contributed by atoms with Crippen LogP contribution in [0.4, 0.5) is 5.13 Å². The minimum atomic E-state index is -0.0216. The monoisotopic (exact) mass is 352 g/mol. The molecular formula is C16H21ClN4OS. The topological polar surface area (TPSA) is 69.0 Å². The Labute approximate surface area is 145 Å². The number of nitrogens with one attached hydrogen (secondary N) is 1. The highest BCUT2D eigenvalue weighted by Crippen LogP contribution is 2.42. The third-order valence-electron chi connectivity index (χ3n) is 4.95. The summed E-state index contributed by atoms with van der Waals surface area (Å²) in [6.07, 6.45) is 9.50. The van der Waals surface area contributed by atoms with Crippen LogP contribution >= 0.6 is 22.9 Å². The number of nitrogens with zero attached hydrogens (tertiary/aromatic N) is 3. The van der Waals surface area contributed by atoms with Crippen LogP contribution in [-0.2, 0) is 4.79 Å². The zero-order chi connectivity index (χ0) is 16.4. The lowest BCUT2D eigenvalue weighted by molar-refractivity contribution is -0.125. The van der Waals surface area contributed by atoms with E-state index in [9.17, 15) is 4.79 Å². The van der Waals surface area contributed by atoms with Crippen molar-refractivity contribution in [2.24, 2.45) is 5.92 Å². The third kappa shape index (κ3) is 3.46. The first-order valence-electron chi connectivity index (χ1n) is 8.18. The summed E-state index contributed by atoms with van der Waals surface area (Å²) in [6, 6.07) is 0.139. The summed E-state index contributed by atoms with van der Waals surface area (Å²) < 4.78 is 0. The molecule has 7 heteroatoms. The van der Waals surface area contributed by atoms with E-state index < -0.39 is 0 Å². The number of rotatable bonds is 4. The van der Waals surface area contributed by atoms with Crippen molar-refractivity contribution in [3.63, 3.8) is 0 Å². The number of carbonyl (C=O) groups excluding carboxylic acids is 1. The zero-order valence-corrected chi connectivity index (χ0v) is 14.8. The van der Waals surface area contributed by atoms with E-state index in [2.05, 4.69) is 10.3 Å². The highest BCUT2D eigenvalue weighted by molar-refractivity contribution is 7.16. The molecule has 0 atom stereocenters. The van der Waals surface area contributed by atoms with Crippen molar-refractivity contribution in [2.75, 3.05) is 11.9 Å². The summed E-state index contributed by atoms with van der Waals surface area (Å²) in [5.74, 6) is 0.548. The average Bonchev–Trinajstić information content (AvgIpc) is 2.92. The van der Waals surface area contributed by atoms with Crippen LogP contribution in [-0.4, -0.2) is 24.0 Å². The van der Waals surface area contributed by atoms with Gasteiger partial charge in [-0.25, -0.2) is 4.98 Å². The van der Waals surface area contributed by atoms with Gasteiger partial charge in [-0.15, -0.1) is 0 Å². The van der Waals surface area contributed by atoms with Gasteiger partial charge in [0.05, 0.1) is 0 Å². The summed E-state index contributed by atoms with van der Waals surface area (Å²) in [5, 5.41) is 12.5. The lowest BCUT2D eigenvalue weighted by Gasteiger charge is -2.34. The second-order valence-electron chi connectivity index (χ2n) is 6.51. The number of nitriles is 1. The molecule has 0 aliphatic heterocycles. The van der Waals surface area contributed by atoms with Gasteiger partial charge < -0.3 is 5.32 Å². The Morgan fingerprint density at radius 1 is 1.39 bits per heavy atom. The standard InChI is InChI=1S/C16H21ClN4OS/c1-21(15(22)11-7-12(8-11)19-9-18)16-20-14(17)13(23-16)10-5-3-2-4-6-10/h10-12,19H,2-8H2,1H3/t11-,12-. The van der Waals surface area contributed by atoms with Crippen molar-refractivity contribution < 1.29 is 4.79 Å². The Kier molecular flexibility index (Phi) is 5.08. The predicted octanol–water partition coefficient (Wildman–Crippen LogP) is 3.66. The van der Waals surface area contributed by atoms with Gasteiger partial charge in [0.25, 0.3) is 0 Å². The number of aromatic nitrogens is 1. The Morgan fingerprint density at radius 2 is 2.09 bits per heavy atom. The highest BCUT2D eigenvalue weighted by atomic mass is 35.5. The highest BCUT2D eigenvalue weighted by Gasteiger charge is 2.37. The SMILES string of the molecule is CN(c1nc(Cl)c(C2CCCCC2)s1)C(=O)[C@H]1C[C@H](NC#N)C1. The molecular weight excluding hydrogens is 332 g/mol. The van der Waals surface area contributed by atoms with Crippen LogP contribution in [0.2, 0.25) is 5.15 Å². The van der Waals surface area contributed by atoms with Gasteiger partial charge in [-0.2, -0.15) is 5.26 Å². The molecule has 23 heavy (non-hydrogen) atoms. The number of thiazole rings is 1. The number of carbonyl (C=O) groups is 1. The number of hydrogen-bond acceptors (Lipinski definition) is 5. The van der Waals surface area contributed by atoms with E-state index in [4.69, 9.17) is 16.9 Å². The maximum absolute atomic E-state index is 12.5. The fourth-order valence-corrected chi connectivity index (χ4v) is 4.95. The van der Waals surface area contributed by atoms with Gasteiger partial charge in [0.1, 0.15) is 5.15 Å². The molecule has 2 fully saturated rings. The molecule has 0 saturated heterocycles. The van der Waals surface area contributed by atoms with E-state index in [1.165, 1.54) is 32.1 Å². The van der Waals surface area contributed by atoms with Crippen LogP contribution in [0.1, 0.15) is 55.7 Å². The maximum atomic E-state index is 12.5. The Morgan fingerprint density at radius 3 is 2.74 bits per heavy atom. The van der Waals surface area contributed by atoms with Crippen molar-refractivity contribution in [3.8, 4) is 6.19 Å². The van der Waals surface area contributed by atoms with Crippen LogP contribution < -0.4 is 10.2 Å².